The Hall–Kier alpha value is -0.0800. The number of aliphatic hydroxyl groups excluding tert-OH is 1. The molecule has 14 heavy (non-hydrogen) atoms. The van der Waals surface area contributed by atoms with Gasteiger partial charge in [0.25, 0.3) is 0 Å². The highest BCUT2D eigenvalue weighted by atomic mass is 16.3. The maximum atomic E-state index is 11.6. The van der Waals surface area contributed by atoms with E-state index in [1.54, 1.807) is 13.8 Å². The monoisotopic (exact) mass is 201 g/mol. The summed E-state index contributed by atoms with van der Waals surface area (Å²) >= 11 is 0. The van der Waals surface area contributed by atoms with Crippen molar-refractivity contribution in [3.8, 4) is 0 Å². The van der Waals surface area contributed by atoms with Crippen LogP contribution in [0, 0.1) is 0 Å². The molecule has 0 bridgehead atoms. The third-order valence-corrected chi connectivity index (χ3v) is 2.91. The molecule has 2 atom stereocenters. The van der Waals surface area contributed by atoms with Crippen LogP contribution < -0.4 is 0 Å². The van der Waals surface area contributed by atoms with Gasteiger partial charge in [0, 0.05) is 0 Å². The molecular weight excluding hydrogens is 176 g/mol. The number of aliphatic hydroxyl groups is 1. The lowest BCUT2D eigenvalue weighted by atomic mass is 9.93. The molecule has 0 spiro atoms. The van der Waals surface area contributed by atoms with Gasteiger partial charge in [-0.25, -0.2) is 5.11 Å². The summed E-state index contributed by atoms with van der Waals surface area (Å²) in [6.45, 7) is 5.38. The average Bonchev–Trinajstić information content (AvgIpc) is 2.10. The van der Waals surface area contributed by atoms with Crippen molar-refractivity contribution in [3.05, 3.63) is 0 Å². The number of unbranched alkanes of at least 4 members (excludes halogenated alkanes) is 5. The van der Waals surface area contributed by atoms with E-state index in [0.29, 0.717) is 6.42 Å². The molecule has 2 heteroatoms. The van der Waals surface area contributed by atoms with Crippen LogP contribution in [0.1, 0.15) is 65.7 Å². The second kappa shape index (κ2) is 7.24. The first-order valence-electron chi connectivity index (χ1n) is 5.89. The summed E-state index contributed by atoms with van der Waals surface area (Å²) in [5, 5.41) is 20.8. The first-order chi connectivity index (χ1) is 6.50. The van der Waals surface area contributed by atoms with E-state index in [0.717, 1.165) is 12.8 Å². The Labute approximate surface area is 88.3 Å². The van der Waals surface area contributed by atoms with E-state index in [9.17, 15) is 10.2 Å². The quantitative estimate of drug-likeness (QED) is 0.601. The molecule has 0 amide bonds. The molecule has 0 aliphatic rings. The zero-order valence-corrected chi connectivity index (χ0v) is 9.88. The fraction of sp³-hybridized carbons (Fsp3) is 1.00. The number of hydrogen-bond donors (Lipinski definition) is 1. The second-order valence-electron chi connectivity index (χ2n) is 4.51. The molecule has 1 radical (unpaired) electrons. The van der Waals surface area contributed by atoms with E-state index in [4.69, 9.17) is 0 Å². The predicted molar refractivity (Wildman–Crippen MR) is 58.8 cm³/mol. The van der Waals surface area contributed by atoms with E-state index in [-0.39, 0.29) is 0 Å². The molecule has 0 rings (SSSR count). The largest absolute Gasteiger partial charge is 0.390 e. The predicted octanol–water partition coefficient (Wildman–Crippen LogP) is 3.31. The molecule has 0 aliphatic heterocycles. The van der Waals surface area contributed by atoms with Crippen molar-refractivity contribution < 1.29 is 10.2 Å². The first-order valence-corrected chi connectivity index (χ1v) is 5.89. The van der Waals surface area contributed by atoms with Gasteiger partial charge in [-0.1, -0.05) is 45.4 Å². The minimum Gasteiger partial charge on any atom is -0.390 e. The van der Waals surface area contributed by atoms with Gasteiger partial charge in [-0.15, -0.1) is 0 Å². The molecular formula is C12H25O2. The summed E-state index contributed by atoms with van der Waals surface area (Å²) < 4.78 is 0. The van der Waals surface area contributed by atoms with E-state index in [1.165, 1.54) is 25.7 Å². The highest BCUT2D eigenvalue weighted by Gasteiger charge is 2.27. The van der Waals surface area contributed by atoms with E-state index in [2.05, 4.69) is 6.92 Å². The summed E-state index contributed by atoms with van der Waals surface area (Å²) in [5.41, 5.74) is -1.15. The van der Waals surface area contributed by atoms with Crippen LogP contribution in [0.3, 0.4) is 0 Å². The molecule has 0 heterocycles. The van der Waals surface area contributed by atoms with Gasteiger partial charge in [0.05, 0.1) is 6.10 Å². The van der Waals surface area contributed by atoms with Gasteiger partial charge < -0.3 is 5.11 Å². The summed E-state index contributed by atoms with van der Waals surface area (Å²) in [6, 6.07) is 0. The van der Waals surface area contributed by atoms with Crippen molar-refractivity contribution in [1.29, 1.82) is 0 Å². The molecule has 0 aromatic rings. The van der Waals surface area contributed by atoms with Gasteiger partial charge in [-0.2, -0.15) is 0 Å². The molecule has 0 aromatic carbocycles. The fourth-order valence-corrected chi connectivity index (χ4v) is 1.47. The standard InChI is InChI=1S/C12H25O2/c1-4-5-6-7-8-9-10-12(3,14)11(2)13/h11,13H,4-10H2,1-3H3. The van der Waals surface area contributed by atoms with Gasteiger partial charge in [0.2, 0.25) is 0 Å². The zero-order valence-electron chi connectivity index (χ0n) is 9.88. The minimum absolute atomic E-state index is 0.594. The number of rotatable bonds is 8. The Morgan fingerprint density at radius 1 is 1.14 bits per heavy atom. The van der Waals surface area contributed by atoms with Crippen LogP contribution in [0.5, 0.6) is 0 Å². The summed E-state index contributed by atoms with van der Waals surface area (Å²) in [4.78, 5) is 0. The molecule has 0 aliphatic carbocycles. The van der Waals surface area contributed by atoms with E-state index in [1.807, 2.05) is 0 Å². The molecule has 0 fully saturated rings. The lowest BCUT2D eigenvalue weighted by molar-refractivity contribution is -0.105. The van der Waals surface area contributed by atoms with Crippen LogP contribution in [-0.2, 0) is 5.11 Å². The fourth-order valence-electron chi connectivity index (χ4n) is 1.47. The van der Waals surface area contributed by atoms with E-state index >= 15 is 0 Å². The molecule has 0 saturated heterocycles. The highest BCUT2D eigenvalue weighted by Crippen LogP contribution is 2.19. The first kappa shape index (κ1) is 13.9. The molecule has 85 valence electrons. The molecule has 2 unspecified atom stereocenters. The SMILES string of the molecule is CCCCCCCCC(C)([O])C(C)O. The van der Waals surface area contributed by atoms with Crippen LogP contribution in [-0.4, -0.2) is 16.8 Å². The number of hydrogen-bond acceptors (Lipinski definition) is 1. The molecule has 1 N–H and O–H groups in total. The van der Waals surface area contributed by atoms with Crippen LogP contribution in [0.15, 0.2) is 0 Å². The topological polar surface area (TPSA) is 40.1 Å². The lowest BCUT2D eigenvalue weighted by Crippen LogP contribution is -2.35. The normalized spacial score (nSPS) is 17.8. The van der Waals surface area contributed by atoms with Crippen molar-refractivity contribution in [3.63, 3.8) is 0 Å². The molecule has 0 aromatic heterocycles. The lowest BCUT2D eigenvalue weighted by Gasteiger charge is -2.23. The maximum absolute atomic E-state index is 11.6. The maximum Gasteiger partial charge on any atom is 0.126 e. The average molecular weight is 201 g/mol. The summed E-state index contributed by atoms with van der Waals surface area (Å²) in [7, 11) is 0. The van der Waals surface area contributed by atoms with E-state index < -0.39 is 11.7 Å². The Bertz CT molecular complexity index is 130. The van der Waals surface area contributed by atoms with Gasteiger partial charge in [0.15, 0.2) is 0 Å². The zero-order chi connectivity index (χ0) is 11.0. The summed E-state index contributed by atoms with van der Waals surface area (Å²) in [5.74, 6) is 0. The second-order valence-corrected chi connectivity index (χ2v) is 4.51. The minimum atomic E-state index is -1.15. The third kappa shape index (κ3) is 6.39. The molecule has 2 nitrogen and oxygen atoms in total. The van der Waals surface area contributed by atoms with Crippen molar-refractivity contribution in [2.45, 2.75) is 77.4 Å². The third-order valence-electron chi connectivity index (χ3n) is 2.91. The Balaban J connectivity index is 3.35. The van der Waals surface area contributed by atoms with Crippen molar-refractivity contribution in [2.75, 3.05) is 0 Å². The van der Waals surface area contributed by atoms with Crippen molar-refractivity contribution in [1.82, 2.24) is 0 Å². The summed E-state index contributed by atoms with van der Waals surface area (Å²) in [6.07, 6.45) is 7.00. The Morgan fingerprint density at radius 2 is 1.64 bits per heavy atom. The smallest absolute Gasteiger partial charge is 0.126 e. The van der Waals surface area contributed by atoms with Gasteiger partial charge in [0.1, 0.15) is 5.60 Å². The Morgan fingerprint density at radius 3 is 2.14 bits per heavy atom. The van der Waals surface area contributed by atoms with Crippen LogP contribution in [0.25, 0.3) is 0 Å². The Kier molecular flexibility index (Phi) is 7.20. The van der Waals surface area contributed by atoms with Crippen LogP contribution in [0.4, 0.5) is 0 Å². The van der Waals surface area contributed by atoms with Gasteiger partial charge in [-0.3, -0.25) is 0 Å². The van der Waals surface area contributed by atoms with Crippen LogP contribution >= 0.6 is 0 Å². The van der Waals surface area contributed by atoms with Crippen molar-refractivity contribution in [2.24, 2.45) is 0 Å². The molecule has 0 saturated carbocycles. The highest BCUT2D eigenvalue weighted by molar-refractivity contribution is 4.77. The van der Waals surface area contributed by atoms with Crippen LogP contribution in [0.2, 0.25) is 0 Å². The van der Waals surface area contributed by atoms with Gasteiger partial charge >= 0.3 is 0 Å². The van der Waals surface area contributed by atoms with Gasteiger partial charge in [-0.05, 0) is 20.3 Å². The van der Waals surface area contributed by atoms with Crippen molar-refractivity contribution >= 4 is 0 Å².